The van der Waals surface area contributed by atoms with Crippen molar-refractivity contribution in [3.8, 4) is 0 Å². The van der Waals surface area contributed by atoms with Crippen LogP contribution in [0.15, 0.2) is 18.3 Å². The lowest BCUT2D eigenvalue weighted by Gasteiger charge is -2.24. The molecule has 1 aromatic heterocycles. The lowest BCUT2D eigenvalue weighted by molar-refractivity contribution is 0.257. The number of anilines is 1. The van der Waals surface area contributed by atoms with Crippen LogP contribution in [0.5, 0.6) is 0 Å². The largest absolute Gasteiger partial charge is 0.367 e. The normalized spacial score (nSPS) is 24.4. The quantitative estimate of drug-likeness (QED) is 0.879. The maximum absolute atomic E-state index is 4.64. The van der Waals surface area contributed by atoms with Gasteiger partial charge < -0.3 is 5.32 Å². The van der Waals surface area contributed by atoms with Crippen molar-refractivity contribution in [3.05, 3.63) is 23.9 Å². The van der Waals surface area contributed by atoms with Crippen LogP contribution in [0.25, 0.3) is 0 Å². The second-order valence-electron chi connectivity index (χ2n) is 6.30. The van der Waals surface area contributed by atoms with E-state index < -0.39 is 0 Å². The van der Waals surface area contributed by atoms with Crippen molar-refractivity contribution in [2.45, 2.75) is 64.0 Å². The van der Waals surface area contributed by atoms with Gasteiger partial charge in [0.05, 0.1) is 0 Å². The summed E-state index contributed by atoms with van der Waals surface area (Å²) in [5.74, 6) is 1.06. The fourth-order valence-electron chi connectivity index (χ4n) is 3.73. The average Bonchev–Trinajstić information content (AvgIpc) is 3.12. The Kier molecular flexibility index (Phi) is 4.56. The standard InChI is InChI=1S/C17H27N3/c1-2-11-20-12-5-8-16(20)14-9-10-17(18-13-14)19-15-6-3-4-7-15/h9-10,13,15-16H,2-8,11-12H2,1H3,(H,18,19)/t16-/m0/s1. The molecule has 2 aliphatic rings. The van der Waals surface area contributed by atoms with Gasteiger partial charge in [-0.2, -0.15) is 0 Å². The molecule has 3 nitrogen and oxygen atoms in total. The van der Waals surface area contributed by atoms with E-state index in [2.05, 4.69) is 40.5 Å². The highest BCUT2D eigenvalue weighted by Gasteiger charge is 2.25. The molecule has 1 N–H and O–H groups in total. The number of nitrogens with zero attached hydrogens (tertiary/aromatic N) is 2. The molecule has 0 aromatic carbocycles. The van der Waals surface area contributed by atoms with Crippen LogP contribution in [-0.2, 0) is 0 Å². The van der Waals surface area contributed by atoms with Crippen LogP contribution in [0.4, 0.5) is 5.82 Å². The Morgan fingerprint density at radius 2 is 2.05 bits per heavy atom. The van der Waals surface area contributed by atoms with Gasteiger partial charge in [-0.3, -0.25) is 4.90 Å². The molecule has 1 aliphatic heterocycles. The van der Waals surface area contributed by atoms with Crippen molar-refractivity contribution in [2.24, 2.45) is 0 Å². The molecule has 20 heavy (non-hydrogen) atoms. The molecule has 1 saturated heterocycles. The summed E-state index contributed by atoms with van der Waals surface area (Å²) in [6, 6.07) is 5.71. The molecule has 0 bridgehead atoms. The minimum absolute atomic E-state index is 0.600. The summed E-state index contributed by atoms with van der Waals surface area (Å²) < 4.78 is 0. The molecule has 110 valence electrons. The minimum atomic E-state index is 0.600. The van der Waals surface area contributed by atoms with Gasteiger partial charge in [0.1, 0.15) is 5.82 Å². The van der Waals surface area contributed by atoms with Gasteiger partial charge in [0.15, 0.2) is 0 Å². The molecule has 2 heterocycles. The number of nitrogens with one attached hydrogen (secondary N) is 1. The van der Waals surface area contributed by atoms with Gasteiger partial charge >= 0.3 is 0 Å². The summed E-state index contributed by atoms with van der Waals surface area (Å²) in [6.07, 6.45) is 11.3. The number of pyridine rings is 1. The first-order valence-electron chi connectivity index (χ1n) is 8.33. The molecule has 1 saturated carbocycles. The van der Waals surface area contributed by atoms with Crippen molar-refractivity contribution in [2.75, 3.05) is 18.4 Å². The van der Waals surface area contributed by atoms with E-state index in [4.69, 9.17) is 0 Å². The zero-order valence-corrected chi connectivity index (χ0v) is 12.6. The molecule has 0 spiro atoms. The number of hydrogen-bond donors (Lipinski definition) is 1. The van der Waals surface area contributed by atoms with Crippen LogP contribution in [0.2, 0.25) is 0 Å². The number of rotatable bonds is 5. The summed E-state index contributed by atoms with van der Waals surface area (Å²) in [7, 11) is 0. The van der Waals surface area contributed by atoms with Crippen molar-refractivity contribution in [3.63, 3.8) is 0 Å². The van der Waals surface area contributed by atoms with Gasteiger partial charge in [-0.05, 0) is 56.8 Å². The lowest BCUT2D eigenvalue weighted by Crippen LogP contribution is -2.24. The smallest absolute Gasteiger partial charge is 0.126 e. The SMILES string of the molecule is CCCN1CCC[C@H]1c1ccc(NC2CCCC2)nc1. The van der Waals surface area contributed by atoms with E-state index in [1.807, 2.05) is 0 Å². The van der Waals surface area contributed by atoms with Gasteiger partial charge in [0.25, 0.3) is 0 Å². The van der Waals surface area contributed by atoms with Gasteiger partial charge in [-0.15, -0.1) is 0 Å². The highest BCUT2D eigenvalue weighted by molar-refractivity contribution is 5.37. The predicted octanol–water partition coefficient (Wildman–Crippen LogP) is 3.98. The highest BCUT2D eigenvalue weighted by Crippen LogP contribution is 2.32. The Hall–Kier alpha value is -1.09. The van der Waals surface area contributed by atoms with E-state index in [9.17, 15) is 0 Å². The zero-order valence-electron chi connectivity index (χ0n) is 12.6. The summed E-state index contributed by atoms with van der Waals surface area (Å²) in [4.78, 5) is 7.26. The Labute approximate surface area is 122 Å². The summed E-state index contributed by atoms with van der Waals surface area (Å²) in [5.41, 5.74) is 1.40. The molecule has 1 atom stereocenters. The Bertz CT molecular complexity index is 409. The predicted molar refractivity (Wildman–Crippen MR) is 84.0 cm³/mol. The molecule has 0 unspecified atom stereocenters. The first-order valence-corrected chi connectivity index (χ1v) is 8.33. The topological polar surface area (TPSA) is 28.2 Å². The fourth-order valence-corrected chi connectivity index (χ4v) is 3.73. The van der Waals surface area contributed by atoms with Crippen LogP contribution in [-0.4, -0.2) is 29.0 Å². The van der Waals surface area contributed by atoms with E-state index >= 15 is 0 Å². The van der Waals surface area contributed by atoms with E-state index in [1.165, 1.54) is 63.6 Å². The van der Waals surface area contributed by atoms with Crippen LogP contribution in [0.1, 0.15) is 63.5 Å². The van der Waals surface area contributed by atoms with Crippen LogP contribution in [0.3, 0.4) is 0 Å². The third-order valence-electron chi connectivity index (χ3n) is 4.75. The van der Waals surface area contributed by atoms with Gasteiger partial charge in [0, 0.05) is 18.3 Å². The van der Waals surface area contributed by atoms with Crippen LogP contribution in [0, 0.1) is 0 Å². The number of hydrogen-bond acceptors (Lipinski definition) is 3. The van der Waals surface area contributed by atoms with Crippen molar-refractivity contribution in [1.82, 2.24) is 9.88 Å². The van der Waals surface area contributed by atoms with Crippen molar-refractivity contribution in [1.29, 1.82) is 0 Å². The van der Waals surface area contributed by atoms with Gasteiger partial charge in [-0.25, -0.2) is 4.98 Å². The second-order valence-corrected chi connectivity index (χ2v) is 6.30. The van der Waals surface area contributed by atoms with Gasteiger partial charge in [0.2, 0.25) is 0 Å². The second kappa shape index (κ2) is 6.57. The number of aromatic nitrogens is 1. The monoisotopic (exact) mass is 273 g/mol. The maximum Gasteiger partial charge on any atom is 0.126 e. The van der Waals surface area contributed by atoms with Crippen molar-refractivity contribution < 1.29 is 0 Å². The van der Waals surface area contributed by atoms with E-state index in [1.54, 1.807) is 0 Å². The van der Waals surface area contributed by atoms with E-state index in [0.29, 0.717) is 12.1 Å². The molecule has 3 heteroatoms. The molecule has 1 aromatic rings. The van der Waals surface area contributed by atoms with Gasteiger partial charge in [-0.1, -0.05) is 25.8 Å². The zero-order chi connectivity index (χ0) is 13.8. The first kappa shape index (κ1) is 13.9. The first-order chi connectivity index (χ1) is 9.86. The van der Waals surface area contributed by atoms with E-state index in [-0.39, 0.29) is 0 Å². The maximum atomic E-state index is 4.64. The summed E-state index contributed by atoms with van der Waals surface area (Å²) in [5, 5.41) is 3.57. The van der Waals surface area contributed by atoms with E-state index in [0.717, 1.165) is 5.82 Å². The third-order valence-corrected chi connectivity index (χ3v) is 4.75. The Balaban J connectivity index is 1.63. The van der Waals surface area contributed by atoms with Crippen LogP contribution >= 0.6 is 0 Å². The number of likely N-dealkylation sites (tertiary alicyclic amines) is 1. The summed E-state index contributed by atoms with van der Waals surface area (Å²) >= 11 is 0. The molecular weight excluding hydrogens is 246 g/mol. The fraction of sp³-hybridized carbons (Fsp3) is 0.706. The molecule has 2 fully saturated rings. The summed E-state index contributed by atoms with van der Waals surface area (Å²) in [6.45, 7) is 4.73. The molecule has 1 aliphatic carbocycles. The minimum Gasteiger partial charge on any atom is -0.367 e. The highest BCUT2D eigenvalue weighted by atomic mass is 15.2. The molecule has 0 amide bonds. The Morgan fingerprint density at radius 3 is 2.75 bits per heavy atom. The van der Waals surface area contributed by atoms with Crippen LogP contribution < -0.4 is 5.32 Å². The third kappa shape index (κ3) is 3.14. The lowest BCUT2D eigenvalue weighted by atomic mass is 10.1. The molecular formula is C17H27N3. The molecule has 3 rings (SSSR count). The van der Waals surface area contributed by atoms with Crippen molar-refractivity contribution >= 4 is 5.82 Å². The molecule has 0 radical (unpaired) electrons. The Morgan fingerprint density at radius 1 is 1.20 bits per heavy atom. The average molecular weight is 273 g/mol.